The van der Waals surface area contributed by atoms with Gasteiger partial charge in [-0.2, -0.15) is 5.10 Å². The van der Waals surface area contributed by atoms with E-state index >= 15 is 0 Å². The zero-order valence-electron chi connectivity index (χ0n) is 8.23. The topological polar surface area (TPSA) is 38.0 Å². The van der Waals surface area contributed by atoms with E-state index in [-0.39, 0.29) is 0 Å². The fourth-order valence-corrected chi connectivity index (χ4v) is 1.36. The van der Waals surface area contributed by atoms with Crippen molar-refractivity contribution in [3.63, 3.8) is 0 Å². The summed E-state index contributed by atoms with van der Waals surface area (Å²) in [7, 11) is 1.87. The van der Waals surface area contributed by atoms with Gasteiger partial charge in [-0.3, -0.25) is 4.68 Å². The molecule has 1 aromatic heterocycles. The molecule has 0 radical (unpaired) electrons. The minimum absolute atomic E-state index is 0.325. The Hall–Kier alpha value is -1.77. The lowest BCUT2D eigenvalue weighted by atomic mass is 10.1. The maximum absolute atomic E-state index is 9.54. The van der Waals surface area contributed by atoms with Gasteiger partial charge in [-0.1, -0.05) is 12.1 Å². The SMILES string of the molecule is Cc1ccc(-c2cnn(C)c2)cc1O. The van der Waals surface area contributed by atoms with Crippen molar-refractivity contribution < 1.29 is 5.11 Å². The molecule has 0 fully saturated rings. The number of rotatable bonds is 1. The molecule has 0 amide bonds. The highest BCUT2D eigenvalue weighted by atomic mass is 16.3. The molecule has 2 aromatic rings. The fraction of sp³-hybridized carbons (Fsp3) is 0.182. The van der Waals surface area contributed by atoms with E-state index in [9.17, 15) is 5.11 Å². The Morgan fingerprint density at radius 2 is 2.07 bits per heavy atom. The Morgan fingerprint density at radius 1 is 1.29 bits per heavy atom. The number of benzene rings is 1. The molecule has 72 valence electrons. The van der Waals surface area contributed by atoms with Crippen LogP contribution in [0, 0.1) is 6.92 Å². The summed E-state index contributed by atoms with van der Waals surface area (Å²) >= 11 is 0. The molecular weight excluding hydrogens is 176 g/mol. The average Bonchev–Trinajstić information content (AvgIpc) is 2.57. The predicted molar refractivity (Wildman–Crippen MR) is 55.0 cm³/mol. The Labute approximate surface area is 82.6 Å². The summed E-state index contributed by atoms with van der Waals surface area (Å²) in [6, 6.07) is 5.64. The highest BCUT2D eigenvalue weighted by Gasteiger charge is 2.02. The zero-order chi connectivity index (χ0) is 10.1. The first-order chi connectivity index (χ1) is 6.66. The second-order valence-electron chi connectivity index (χ2n) is 3.40. The predicted octanol–water partition coefficient (Wildman–Crippen LogP) is 2.10. The summed E-state index contributed by atoms with van der Waals surface area (Å²) in [4.78, 5) is 0. The largest absolute Gasteiger partial charge is 0.508 e. The van der Waals surface area contributed by atoms with Crippen molar-refractivity contribution in [1.29, 1.82) is 0 Å². The molecule has 0 saturated heterocycles. The van der Waals surface area contributed by atoms with Crippen LogP contribution in [0.15, 0.2) is 30.6 Å². The number of phenolic OH excluding ortho intramolecular Hbond substituents is 1. The van der Waals surface area contributed by atoms with Gasteiger partial charge >= 0.3 is 0 Å². The maximum atomic E-state index is 9.54. The standard InChI is InChI=1S/C11H12N2O/c1-8-3-4-9(5-11(8)14)10-6-12-13(2)7-10/h3-7,14H,1-2H3. The molecule has 3 nitrogen and oxygen atoms in total. The van der Waals surface area contributed by atoms with Crippen LogP contribution >= 0.6 is 0 Å². The van der Waals surface area contributed by atoms with Gasteiger partial charge in [0.05, 0.1) is 6.20 Å². The molecular formula is C11H12N2O. The van der Waals surface area contributed by atoms with Crippen LogP contribution in [0.4, 0.5) is 0 Å². The van der Waals surface area contributed by atoms with E-state index in [2.05, 4.69) is 5.10 Å². The Kier molecular flexibility index (Phi) is 2.00. The second kappa shape index (κ2) is 3.18. The van der Waals surface area contributed by atoms with Gasteiger partial charge < -0.3 is 5.11 Å². The van der Waals surface area contributed by atoms with Gasteiger partial charge in [0.25, 0.3) is 0 Å². The van der Waals surface area contributed by atoms with E-state index in [4.69, 9.17) is 0 Å². The molecule has 14 heavy (non-hydrogen) atoms. The van der Waals surface area contributed by atoms with E-state index in [0.717, 1.165) is 16.7 Å². The Morgan fingerprint density at radius 3 is 2.64 bits per heavy atom. The first-order valence-corrected chi connectivity index (χ1v) is 4.45. The highest BCUT2D eigenvalue weighted by molar-refractivity contribution is 5.64. The quantitative estimate of drug-likeness (QED) is 0.744. The van der Waals surface area contributed by atoms with Crippen molar-refractivity contribution >= 4 is 0 Å². The highest BCUT2D eigenvalue weighted by Crippen LogP contribution is 2.25. The number of hydrogen-bond donors (Lipinski definition) is 1. The molecule has 1 heterocycles. The van der Waals surface area contributed by atoms with E-state index < -0.39 is 0 Å². The van der Waals surface area contributed by atoms with Crippen molar-refractivity contribution in [3.8, 4) is 16.9 Å². The van der Waals surface area contributed by atoms with Crippen LogP contribution in [-0.2, 0) is 7.05 Å². The van der Waals surface area contributed by atoms with Crippen LogP contribution in [0.1, 0.15) is 5.56 Å². The van der Waals surface area contributed by atoms with Gasteiger partial charge in [0.15, 0.2) is 0 Å². The number of nitrogens with zero attached hydrogens (tertiary/aromatic N) is 2. The molecule has 0 aliphatic rings. The lowest BCUT2D eigenvalue weighted by Crippen LogP contribution is -1.84. The Balaban J connectivity index is 2.47. The van der Waals surface area contributed by atoms with Gasteiger partial charge in [-0.05, 0) is 24.1 Å². The molecule has 0 spiro atoms. The molecule has 2 rings (SSSR count). The summed E-state index contributed by atoms with van der Waals surface area (Å²) in [5, 5.41) is 13.6. The molecule has 0 atom stereocenters. The summed E-state index contributed by atoms with van der Waals surface area (Å²) in [5.41, 5.74) is 2.89. The number of phenols is 1. The lowest BCUT2D eigenvalue weighted by molar-refractivity contribution is 0.471. The summed E-state index contributed by atoms with van der Waals surface area (Å²) in [5.74, 6) is 0.325. The Bertz CT molecular complexity index is 460. The minimum atomic E-state index is 0.325. The van der Waals surface area contributed by atoms with Crippen molar-refractivity contribution in [1.82, 2.24) is 9.78 Å². The number of aromatic hydroxyl groups is 1. The normalized spacial score (nSPS) is 10.4. The number of aryl methyl sites for hydroxylation is 2. The van der Waals surface area contributed by atoms with Crippen LogP contribution < -0.4 is 0 Å². The third kappa shape index (κ3) is 1.48. The van der Waals surface area contributed by atoms with E-state index in [1.54, 1.807) is 16.9 Å². The van der Waals surface area contributed by atoms with E-state index in [1.165, 1.54) is 0 Å². The fourth-order valence-electron chi connectivity index (χ4n) is 1.36. The summed E-state index contributed by atoms with van der Waals surface area (Å²) in [6.45, 7) is 1.88. The number of aromatic nitrogens is 2. The van der Waals surface area contributed by atoms with Crippen LogP contribution in [0.25, 0.3) is 11.1 Å². The van der Waals surface area contributed by atoms with Gasteiger partial charge in [-0.25, -0.2) is 0 Å². The molecule has 0 aliphatic carbocycles. The molecule has 0 aliphatic heterocycles. The van der Waals surface area contributed by atoms with Gasteiger partial charge in [0.1, 0.15) is 5.75 Å². The maximum Gasteiger partial charge on any atom is 0.119 e. The molecule has 3 heteroatoms. The molecule has 0 saturated carbocycles. The summed E-state index contributed by atoms with van der Waals surface area (Å²) in [6.07, 6.45) is 3.70. The van der Waals surface area contributed by atoms with Crippen molar-refractivity contribution in [2.24, 2.45) is 7.05 Å². The third-order valence-corrected chi connectivity index (χ3v) is 2.25. The number of hydrogen-bond acceptors (Lipinski definition) is 2. The van der Waals surface area contributed by atoms with Gasteiger partial charge in [0, 0.05) is 18.8 Å². The molecule has 0 bridgehead atoms. The summed E-state index contributed by atoms with van der Waals surface area (Å²) < 4.78 is 1.74. The van der Waals surface area contributed by atoms with Gasteiger partial charge in [-0.15, -0.1) is 0 Å². The first-order valence-electron chi connectivity index (χ1n) is 4.45. The lowest BCUT2D eigenvalue weighted by Gasteiger charge is -2.01. The zero-order valence-corrected chi connectivity index (χ0v) is 8.23. The monoisotopic (exact) mass is 188 g/mol. The molecule has 0 unspecified atom stereocenters. The van der Waals surface area contributed by atoms with Crippen molar-refractivity contribution in [3.05, 3.63) is 36.2 Å². The van der Waals surface area contributed by atoms with Crippen LogP contribution in [-0.4, -0.2) is 14.9 Å². The smallest absolute Gasteiger partial charge is 0.119 e. The average molecular weight is 188 g/mol. The van der Waals surface area contributed by atoms with Crippen molar-refractivity contribution in [2.75, 3.05) is 0 Å². The first kappa shape index (κ1) is 8.81. The third-order valence-electron chi connectivity index (χ3n) is 2.25. The van der Waals surface area contributed by atoms with Crippen LogP contribution in [0.5, 0.6) is 5.75 Å². The molecule has 1 aromatic carbocycles. The van der Waals surface area contributed by atoms with Gasteiger partial charge in [0.2, 0.25) is 0 Å². The van der Waals surface area contributed by atoms with E-state index in [0.29, 0.717) is 5.75 Å². The second-order valence-corrected chi connectivity index (χ2v) is 3.40. The molecule has 1 N–H and O–H groups in total. The van der Waals surface area contributed by atoms with E-state index in [1.807, 2.05) is 32.3 Å². The minimum Gasteiger partial charge on any atom is -0.508 e. The van der Waals surface area contributed by atoms with Crippen molar-refractivity contribution in [2.45, 2.75) is 6.92 Å². The van der Waals surface area contributed by atoms with Crippen LogP contribution in [0.2, 0.25) is 0 Å². The van der Waals surface area contributed by atoms with Crippen LogP contribution in [0.3, 0.4) is 0 Å².